The van der Waals surface area contributed by atoms with Crippen LogP contribution >= 0.6 is 0 Å². The van der Waals surface area contributed by atoms with Gasteiger partial charge in [0.2, 0.25) is 0 Å². The average Bonchev–Trinajstić information content (AvgIpc) is 2.29. The van der Waals surface area contributed by atoms with Crippen molar-refractivity contribution in [1.82, 2.24) is 4.98 Å². The molecule has 1 aromatic rings. The molecule has 1 rings (SSSR count). The number of rotatable bonds is 4. The number of hydrogen-bond acceptors (Lipinski definition) is 4. The zero-order valence-electron chi connectivity index (χ0n) is 8.09. The minimum absolute atomic E-state index is 0.0740. The van der Waals surface area contributed by atoms with Crippen LogP contribution in [0.1, 0.15) is 5.56 Å². The van der Waals surface area contributed by atoms with E-state index < -0.39 is 5.97 Å². The summed E-state index contributed by atoms with van der Waals surface area (Å²) in [5.74, 6) is -0.606. The Balaban J connectivity index is 2.82. The molecule has 0 unspecified atom stereocenters. The first kappa shape index (κ1) is 11.0. The van der Waals surface area contributed by atoms with Gasteiger partial charge < -0.3 is 9.84 Å². The topological polar surface area (TPSA) is 59.4 Å². The molecule has 0 saturated carbocycles. The zero-order chi connectivity index (χ0) is 11.1. The molecule has 0 amide bonds. The number of aliphatic hydroxyl groups is 1. The second-order valence-electron chi connectivity index (χ2n) is 2.67. The van der Waals surface area contributed by atoms with Crippen LogP contribution in [-0.2, 0) is 9.53 Å². The van der Waals surface area contributed by atoms with Crippen molar-refractivity contribution in [3.63, 3.8) is 0 Å². The summed E-state index contributed by atoms with van der Waals surface area (Å²) in [6.45, 7) is 3.53. The average molecular weight is 205 g/mol. The second kappa shape index (κ2) is 5.59. The monoisotopic (exact) mass is 205 g/mol. The van der Waals surface area contributed by atoms with E-state index in [0.717, 1.165) is 0 Å². The van der Waals surface area contributed by atoms with Crippen LogP contribution < -0.4 is 0 Å². The highest BCUT2D eigenvalue weighted by Gasteiger charge is 2.13. The molecule has 0 atom stereocenters. The van der Waals surface area contributed by atoms with Crippen LogP contribution in [0.3, 0.4) is 0 Å². The van der Waals surface area contributed by atoms with E-state index in [1.54, 1.807) is 18.3 Å². The Kier molecular flexibility index (Phi) is 4.09. The summed E-state index contributed by atoms with van der Waals surface area (Å²) in [5, 5.41) is 8.93. The lowest BCUT2D eigenvalue weighted by atomic mass is 10.1. The van der Waals surface area contributed by atoms with Crippen LogP contribution in [0.5, 0.6) is 0 Å². The van der Waals surface area contributed by atoms with E-state index in [-0.39, 0.29) is 12.2 Å². The Labute approximate surface area is 87.5 Å². The molecule has 0 radical (unpaired) electrons. The van der Waals surface area contributed by atoms with Crippen molar-refractivity contribution in [2.24, 2.45) is 0 Å². The molecule has 0 saturated heterocycles. The molecule has 15 heavy (non-hydrogen) atoms. The summed E-state index contributed by atoms with van der Waals surface area (Å²) in [4.78, 5) is 15.2. The van der Waals surface area contributed by atoms with Crippen LogP contribution in [0.25, 0.3) is 5.57 Å². The summed E-state index contributed by atoms with van der Waals surface area (Å²) >= 11 is 0. The molecule has 4 heteroatoms. The van der Waals surface area contributed by atoms with Gasteiger partial charge in [0, 0.05) is 18.0 Å². The van der Waals surface area contributed by atoms with Gasteiger partial charge in [-0.05, 0) is 6.07 Å². The number of ether oxygens (including phenoxy) is 1. The quantitative estimate of drug-likeness (QED) is 0.352. The molecule has 0 bridgehead atoms. The number of pyridine rings is 1. The minimum Gasteiger partial charge on any atom is -0.515 e. The van der Waals surface area contributed by atoms with E-state index in [1.807, 2.05) is 0 Å². The summed E-state index contributed by atoms with van der Waals surface area (Å²) < 4.78 is 4.79. The lowest BCUT2D eigenvalue weighted by Gasteiger charge is -2.04. The summed E-state index contributed by atoms with van der Waals surface area (Å²) in [5.41, 5.74) is 0.582. The van der Waals surface area contributed by atoms with Crippen LogP contribution in [0.2, 0.25) is 0 Å². The third-order valence-corrected chi connectivity index (χ3v) is 1.65. The van der Waals surface area contributed by atoms with Crippen LogP contribution in [0, 0.1) is 0 Å². The van der Waals surface area contributed by atoms with Crippen LogP contribution in [0.4, 0.5) is 0 Å². The zero-order valence-corrected chi connectivity index (χ0v) is 8.09. The molecule has 0 fully saturated rings. The number of aliphatic hydroxyl groups excluding tert-OH is 1. The first-order valence-electron chi connectivity index (χ1n) is 4.32. The van der Waals surface area contributed by atoms with Crippen molar-refractivity contribution >= 4 is 11.5 Å². The molecule has 1 aromatic heterocycles. The Morgan fingerprint density at radius 3 is 3.00 bits per heavy atom. The third-order valence-electron chi connectivity index (χ3n) is 1.65. The maximum atomic E-state index is 11.4. The van der Waals surface area contributed by atoms with Crippen LogP contribution in [-0.4, -0.2) is 22.7 Å². The molecule has 0 spiro atoms. The van der Waals surface area contributed by atoms with E-state index >= 15 is 0 Å². The first-order valence-corrected chi connectivity index (χ1v) is 4.32. The van der Waals surface area contributed by atoms with Gasteiger partial charge in [-0.2, -0.15) is 0 Å². The van der Waals surface area contributed by atoms with Gasteiger partial charge in [-0.3, -0.25) is 4.98 Å². The van der Waals surface area contributed by atoms with E-state index in [4.69, 9.17) is 9.84 Å². The van der Waals surface area contributed by atoms with Crippen molar-refractivity contribution in [3.8, 4) is 0 Å². The van der Waals surface area contributed by atoms with Gasteiger partial charge in [-0.25, -0.2) is 4.79 Å². The molecule has 78 valence electrons. The van der Waals surface area contributed by atoms with Gasteiger partial charge in [0.1, 0.15) is 12.2 Å². The second-order valence-corrected chi connectivity index (χ2v) is 2.67. The number of esters is 1. The van der Waals surface area contributed by atoms with Gasteiger partial charge in [0.05, 0.1) is 6.26 Å². The highest BCUT2D eigenvalue weighted by molar-refractivity contribution is 6.16. The molecular weight excluding hydrogens is 194 g/mol. The third kappa shape index (κ3) is 2.95. The largest absolute Gasteiger partial charge is 0.515 e. The lowest BCUT2D eigenvalue weighted by molar-refractivity contribution is -0.135. The SMILES string of the molecule is C=CCOC(=O)/C(=C\O)c1cccnc1. The molecule has 4 nitrogen and oxygen atoms in total. The van der Waals surface area contributed by atoms with Crippen molar-refractivity contribution < 1.29 is 14.6 Å². The van der Waals surface area contributed by atoms with Gasteiger partial charge in [-0.15, -0.1) is 0 Å². The number of carbonyl (C=O) groups excluding carboxylic acids is 1. The smallest absolute Gasteiger partial charge is 0.342 e. The maximum absolute atomic E-state index is 11.4. The standard InChI is InChI=1S/C11H11NO3/c1-2-6-15-11(14)10(8-13)9-4-3-5-12-7-9/h2-5,7-8,13H,1,6H2/b10-8-. The minimum atomic E-state index is -0.606. The van der Waals surface area contributed by atoms with Crippen molar-refractivity contribution in [1.29, 1.82) is 0 Å². The van der Waals surface area contributed by atoms with Gasteiger partial charge in [-0.1, -0.05) is 18.7 Å². The highest BCUT2D eigenvalue weighted by atomic mass is 16.5. The summed E-state index contributed by atoms with van der Waals surface area (Å²) in [6, 6.07) is 3.32. The Hall–Kier alpha value is -2.10. The number of aromatic nitrogens is 1. The molecule has 0 aliphatic carbocycles. The fraction of sp³-hybridized carbons (Fsp3) is 0.0909. The van der Waals surface area contributed by atoms with Crippen LogP contribution in [0.15, 0.2) is 43.4 Å². The summed E-state index contributed by atoms with van der Waals surface area (Å²) in [7, 11) is 0. The Bertz CT molecular complexity index is 371. The maximum Gasteiger partial charge on any atom is 0.342 e. The molecule has 1 N–H and O–H groups in total. The predicted molar refractivity (Wildman–Crippen MR) is 56.0 cm³/mol. The molecule has 0 aromatic carbocycles. The Morgan fingerprint density at radius 1 is 1.67 bits per heavy atom. The number of hydrogen-bond donors (Lipinski definition) is 1. The normalized spacial score (nSPS) is 10.8. The highest BCUT2D eigenvalue weighted by Crippen LogP contribution is 2.13. The Morgan fingerprint density at radius 2 is 2.47 bits per heavy atom. The van der Waals surface area contributed by atoms with Gasteiger partial charge >= 0.3 is 5.97 Å². The predicted octanol–water partition coefficient (Wildman–Crippen LogP) is 1.71. The summed E-state index contributed by atoms with van der Waals surface area (Å²) in [6.07, 6.45) is 5.21. The molecule has 1 heterocycles. The molecular formula is C11H11NO3. The van der Waals surface area contributed by atoms with Crippen molar-refractivity contribution in [2.45, 2.75) is 0 Å². The van der Waals surface area contributed by atoms with Crippen molar-refractivity contribution in [3.05, 3.63) is 49.0 Å². The van der Waals surface area contributed by atoms with Gasteiger partial charge in [0.15, 0.2) is 0 Å². The van der Waals surface area contributed by atoms with E-state index in [9.17, 15) is 4.79 Å². The van der Waals surface area contributed by atoms with E-state index in [2.05, 4.69) is 11.6 Å². The lowest BCUT2D eigenvalue weighted by Crippen LogP contribution is -2.07. The fourth-order valence-electron chi connectivity index (χ4n) is 0.980. The van der Waals surface area contributed by atoms with E-state index in [1.165, 1.54) is 12.3 Å². The van der Waals surface area contributed by atoms with Gasteiger partial charge in [0.25, 0.3) is 0 Å². The first-order chi connectivity index (χ1) is 7.29. The fourth-order valence-corrected chi connectivity index (χ4v) is 0.980. The molecule has 0 aliphatic heterocycles. The number of carbonyl (C=O) groups is 1. The van der Waals surface area contributed by atoms with Crippen molar-refractivity contribution in [2.75, 3.05) is 6.61 Å². The van der Waals surface area contributed by atoms with E-state index in [0.29, 0.717) is 11.8 Å². The molecule has 0 aliphatic rings. The number of nitrogens with zero attached hydrogens (tertiary/aromatic N) is 1.